The molecule has 2 rings (SSSR count). The molecule has 0 radical (unpaired) electrons. The average molecular weight is 318 g/mol. The first-order valence-corrected chi connectivity index (χ1v) is 8.35. The molecule has 4 nitrogen and oxygen atoms in total. The minimum absolute atomic E-state index is 0.0335. The Labute approximate surface area is 138 Å². The molecule has 0 bridgehead atoms. The van der Waals surface area contributed by atoms with Crippen molar-refractivity contribution in [1.82, 2.24) is 0 Å². The summed E-state index contributed by atoms with van der Waals surface area (Å²) in [6, 6.07) is 10.4. The van der Waals surface area contributed by atoms with E-state index in [2.05, 4.69) is 12.1 Å². The van der Waals surface area contributed by atoms with Gasteiger partial charge in [0, 0.05) is 13.5 Å². The lowest BCUT2D eigenvalue weighted by Gasteiger charge is -2.26. The van der Waals surface area contributed by atoms with E-state index >= 15 is 0 Å². The number of aryl methyl sites for hydroxylation is 1. The van der Waals surface area contributed by atoms with Gasteiger partial charge in [0.1, 0.15) is 6.61 Å². The van der Waals surface area contributed by atoms with Gasteiger partial charge in [0.05, 0.1) is 6.10 Å². The smallest absolute Gasteiger partial charge is 0.302 e. The van der Waals surface area contributed by atoms with Crippen molar-refractivity contribution in [1.29, 1.82) is 0 Å². The molecule has 0 amide bonds. The Balaban J connectivity index is 1.85. The van der Waals surface area contributed by atoms with Crippen LogP contribution < -0.4 is 0 Å². The van der Waals surface area contributed by atoms with Crippen molar-refractivity contribution < 1.29 is 19.0 Å². The lowest BCUT2D eigenvalue weighted by atomic mass is 10.1. The molecule has 1 fully saturated rings. The third-order valence-electron chi connectivity index (χ3n) is 3.76. The lowest BCUT2D eigenvalue weighted by Crippen LogP contribution is -2.27. The molecule has 0 N–H and O–H groups in total. The van der Waals surface area contributed by atoms with Gasteiger partial charge in [0.2, 0.25) is 0 Å². The first-order valence-electron chi connectivity index (χ1n) is 8.35. The summed E-state index contributed by atoms with van der Waals surface area (Å²) >= 11 is 0. The Morgan fingerprint density at radius 1 is 1.35 bits per heavy atom. The van der Waals surface area contributed by atoms with Crippen LogP contribution in [0.1, 0.15) is 38.2 Å². The second-order valence-corrected chi connectivity index (χ2v) is 5.73. The first kappa shape index (κ1) is 17.7. The molecule has 1 aromatic carbocycles. The summed E-state index contributed by atoms with van der Waals surface area (Å²) in [5.41, 5.74) is 1.29. The summed E-state index contributed by atoms with van der Waals surface area (Å²) in [6.45, 7) is 2.46. The zero-order valence-corrected chi connectivity index (χ0v) is 13.8. The van der Waals surface area contributed by atoms with E-state index in [9.17, 15) is 4.79 Å². The van der Waals surface area contributed by atoms with Gasteiger partial charge in [-0.1, -0.05) is 36.4 Å². The van der Waals surface area contributed by atoms with Gasteiger partial charge in [0.25, 0.3) is 0 Å². The highest BCUT2D eigenvalue weighted by Gasteiger charge is 2.18. The lowest BCUT2D eigenvalue weighted by molar-refractivity contribution is -0.179. The fourth-order valence-electron chi connectivity index (χ4n) is 2.55. The quantitative estimate of drug-likeness (QED) is 0.542. The number of benzene rings is 1. The summed E-state index contributed by atoms with van der Waals surface area (Å²) < 4.78 is 16.7. The van der Waals surface area contributed by atoms with Crippen LogP contribution in [-0.4, -0.2) is 31.6 Å². The third kappa shape index (κ3) is 7.44. The largest absolute Gasteiger partial charge is 0.462 e. The molecule has 1 saturated heterocycles. The van der Waals surface area contributed by atoms with Gasteiger partial charge in [0.15, 0.2) is 6.29 Å². The van der Waals surface area contributed by atoms with Crippen molar-refractivity contribution in [3.63, 3.8) is 0 Å². The summed E-state index contributed by atoms with van der Waals surface area (Å²) in [5.74, 6) is -0.271. The summed E-state index contributed by atoms with van der Waals surface area (Å²) in [4.78, 5) is 10.8. The highest BCUT2D eigenvalue weighted by Crippen LogP contribution is 2.18. The second-order valence-electron chi connectivity index (χ2n) is 5.73. The van der Waals surface area contributed by atoms with Crippen LogP contribution in [0.5, 0.6) is 0 Å². The topological polar surface area (TPSA) is 44.8 Å². The fraction of sp³-hybridized carbons (Fsp3) is 0.526. The molecule has 0 aromatic heterocycles. The van der Waals surface area contributed by atoms with E-state index in [0.717, 1.165) is 38.7 Å². The number of carbonyl (C=O) groups is 1. The number of carbonyl (C=O) groups excluding carboxylic acids is 1. The van der Waals surface area contributed by atoms with Crippen LogP contribution >= 0.6 is 0 Å². The van der Waals surface area contributed by atoms with Crippen molar-refractivity contribution in [2.24, 2.45) is 0 Å². The zero-order chi connectivity index (χ0) is 16.3. The van der Waals surface area contributed by atoms with Crippen molar-refractivity contribution >= 4 is 5.97 Å². The van der Waals surface area contributed by atoms with Crippen LogP contribution in [0.25, 0.3) is 0 Å². The standard InChI is InChI=1S/C19H26O4/c1-16(20)21-15-7-10-18(23-19-11-5-6-14-22-19)13-12-17-8-3-2-4-9-17/h2-4,7-10,18-19H,5-6,11-15H2,1H3/b10-7+. The molecule has 0 saturated carbocycles. The fourth-order valence-corrected chi connectivity index (χ4v) is 2.55. The molecule has 1 aliphatic heterocycles. The molecule has 0 aliphatic carbocycles. The van der Waals surface area contributed by atoms with E-state index in [-0.39, 0.29) is 25.0 Å². The van der Waals surface area contributed by atoms with E-state index in [1.165, 1.54) is 12.5 Å². The second kappa shape index (κ2) is 10.2. The van der Waals surface area contributed by atoms with Crippen LogP contribution in [0.3, 0.4) is 0 Å². The number of rotatable bonds is 8. The van der Waals surface area contributed by atoms with E-state index in [1.54, 1.807) is 0 Å². The first-order chi connectivity index (χ1) is 11.2. The Morgan fingerprint density at radius 3 is 2.87 bits per heavy atom. The van der Waals surface area contributed by atoms with E-state index in [4.69, 9.17) is 14.2 Å². The monoisotopic (exact) mass is 318 g/mol. The molecule has 4 heteroatoms. The molecule has 23 heavy (non-hydrogen) atoms. The molecule has 1 aromatic rings. The SMILES string of the molecule is CC(=O)OC/C=C/C(CCc1ccccc1)OC1CCCCO1. The normalized spacial score (nSPS) is 19.6. The molecular formula is C19H26O4. The maximum Gasteiger partial charge on any atom is 0.302 e. The van der Waals surface area contributed by atoms with Crippen molar-refractivity contribution in [3.05, 3.63) is 48.0 Å². The number of esters is 1. The maximum atomic E-state index is 10.8. The molecule has 126 valence electrons. The average Bonchev–Trinajstić information content (AvgIpc) is 2.58. The molecule has 0 spiro atoms. The van der Waals surface area contributed by atoms with Gasteiger partial charge >= 0.3 is 5.97 Å². The highest BCUT2D eigenvalue weighted by molar-refractivity contribution is 5.65. The Bertz CT molecular complexity index is 477. The van der Waals surface area contributed by atoms with Crippen LogP contribution in [0.15, 0.2) is 42.5 Å². The maximum absolute atomic E-state index is 10.8. The molecule has 2 unspecified atom stereocenters. The van der Waals surface area contributed by atoms with Gasteiger partial charge in [-0.05, 0) is 43.7 Å². The van der Waals surface area contributed by atoms with Gasteiger partial charge in [-0.15, -0.1) is 0 Å². The Hall–Kier alpha value is -1.65. The van der Waals surface area contributed by atoms with Crippen molar-refractivity contribution in [2.75, 3.05) is 13.2 Å². The van der Waals surface area contributed by atoms with Crippen molar-refractivity contribution in [3.8, 4) is 0 Å². The van der Waals surface area contributed by atoms with E-state index < -0.39 is 0 Å². The van der Waals surface area contributed by atoms with Crippen LogP contribution in [0.4, 0.5) is 0 Å². The number of hydrogen-bond acceptors (Lipinski definition) is 4. The predicted octanol–water partition coefficient (Wildman–Crippen LogP) is 3.65. The molecule has 1 aliphatic rings. The van der Waals surface area contributed by atoms with Crippen molar-refractivity contribution in [2.45, 2.75) is 51.4 Å². The number of hydrogen-bond donors (Lipinski definition) is 0. The van der Waals surface area contributed by atoms with Gasteiger partial charge in [-0.2, -0.15) is 0 Å². The highest BCUT2D eigenvalue weighted by atomic mass is 16.7. The minimum Gasteiger partial charge on any atom is -0.462 e. The van der Waals surface area contributed by atoms with Gasteiger partial charge in [-0.3, -0.25) is 4.79 Å². The minimum atomic E-state index is -0.271. The van der Waals surface area contributed by atoms with Gasteiger partial charge in [-0.25, -0.2) is 0 Å². The van der Waals surface area contributed by atoms with E-state index in [0.29, 0.717) is 0 Å². The molecular weight excluding hydrogens is 292 g/mol. The Morgan fingerprint density at radius 2 is 2.17 bits per heavy atom. The number of ether oxygens (including phenoxy) is 3. The Kier molecular flexibility index (Phi) is 7.84. The van der Waals surface area contributed by atoms with Gasteiger partial charge < -0.3 is 14.2 Å². The molecule has 1 heterocycles. The summed E-state index contributed by atoms with van der Waals surface area (Å²) in [6.07, 6.45) is 8.68. The van der Waals surface area contributed by atoms with Crippen LogP contribution in [0, 0.1) is 0 Å². The third-order valence-corrected chi connectivity index (χ3v) is 3.76. The zero-order valence-electron chi connectivity index (χ0n) is 13.8. The van der Waals surface area contributed by atoms with E-state index in [1.807, 2.05) is 30.4 Å². The predicted molar refractivity (Wildman–Crippen MR) is 89.0 cm³/mol. The summed E-state index contributed by atoms with van der Waals surface area (Å²) in [5, 5.41) is 0. The van der Waals surface area contributed by atoms with Crippen LogP contribution in [-0.2, 0) is 25.4 Å². The van der Waals surface area contributed by atoms with Crippen LogP contribution in [0.2, 0.25) is 0 Å². The molecule has 2 atom stereocenters. The summed E-state index contributed by atoms with van der Waals surface area (Å²) in [7, 11) is 0.